The van der Waals surface area contributed by atoms with Gasteiger partial charge in [-0.15, -0.1) is 10.2 Å². The van der Waals surface area contributed by atoms with Gasteiger partial charge in [0.05, 0.1) is 0 Å². The summed E-state index contributed by atoms with van der Waals surface area (Å²) >= 11 is 9.11. The Morgan fingerprint density at radius 1 is 1.25 bits per heavy atom. The van der Waals surface area contributed by atoms with Crippen molar-refractivity contribution in [3.05, 3.63) is 28.3 Å². The van der Waals surface area contributed by atoms with Crippen LogP contribution in [0.2, 0.25) is 5.02 Å². The van der Waals surface area contributed by atoms with Crippen LogP contribution in [0.15, 0.2) is 16.5 Å². The van der Waals surface area contributed by atoms with Gasteiger partial charge in [-0.25, -0.2) is 0 Å². The minimum atomic E-state index is -0.657. The van der Waals surface area contributed by atoms with Crippen LogP contribution in [-0.4, -0.2) is 27.5 Å². The topological polar surface area (TPSA) is 64.1 Å². The molecule has 0 aliphatic carbocycles. The van der Waals surface area contributed by atoms with E-state index < -0.39 is 6.10 Å². The van der Waals surface area contributed by atoms with Gasteiger partial charge in [0.1, 0.15) is 5.75 Å². The van der Waals surface area contributed by atoms with E-state index in [9.17, 15) is 4.79 Å². The third kappa shape index (κ3) is 5.09. The maximum Gasteiger partial charge on any atom is 0.266 e. The first kappa shape index (κ1) is 19.0. The van der Waals surface area contributed by atoms with Crippen molar-refractivity contribution < 1.29 is 9.53 Å². The molecule has 0 saturated heterocycles. The van der Waals surface area contributed by atoms with E-state index in [1.165, 1.54) is 11.3 Å². The number of carbonyl (C=O) groups is 1. The quantitative estimate of drug-likeness (QED) is 0.576. The number of halogens is 1. The number of aromatic nitrogens is 2. The summed E-state index contributed by atoms with van der Waals surface area (Å²) in [5.74, 6) is 0.350. The molecule has 1 unspecified atom stereocenters. The molecule has 0 spiro atoms. The summed E-state index contributed by atoms with van der Waals surface area (Å²) in [6, 6.07) is 3.64. The number of carbonyl (C=O) groups excluding carboxylic acids is 1. The van der Waals surface area contributed by atoms with Crippen molar-refractivity contribution in [3.8, 4) is 5.75 Å². The van der Waals surface area contributed by atoms with Gasteiger partial charge in [-0.1, -0.05) is 48.5 Å². The number of hydrogen-bond acceptors (Lipinski definition) is 6. The highest BCUT2D eigenvalue weighted by molar-refractivity contribution is 8.01. The molecule has 1 amide bonds. The SMILES string of the molecule is Cc1cc(OC(C)C(=O)Nc2nnc(SC(C)C)s2)cc(C)c1Cl. The predicted molar refractivity (Wildman–Crippen MR) is 101 cm³/mol. The summed E-state index contributed by atoms with van der Waals surface area (Å²) in [4.78, 5) is 12.3. The molecule has 0 radical (unpaired) electrons. The number of anilines is 1. The fourth-order valence-electron chi connectivity index (χ4n) is 1.95. The van der Waals surface area contributed by atoms with E-state index in [-0.39, 0.29) is 5.91 Å². The maximum absolute atomic E-state index is 12.3. The fourth-order valence-corrected chi connectivity index (χ4v) is 4.04. The number of rotatable bonds is 6. The van der Waals surface area contributed by atoms with Gasteiger partial charge in [-0.3, -0.25) is 10.1 Å². The Kier molecular flexibility index (Phi) is 6.48. The molecule has 0 saturated carbocycles. The second-order valence-corrected chi connectivity index (χ2v) is 8.84. The van der Waals surface area contributed by atoms with Crippen LogP contribution in [0.1, 0.15) is 31.9 Å². The van der Waals surface area contributed by atoms with E-state index in [4.69, 9.17) is 16.3 Å². The van der Waals surface area contributed by atoms with Crippen LogP contribution in [-0.2, 0) is 4.79 Å². The molecule has 0 fully saturated rings. The van der Waals surface area contributed by atoms with Gasteiger partial charge in [0, 0.05) is 10.3 Å². The summed E-state index contributed by atoms with van der Waals surface area (Å²) in [6.07, 6.45) is -0.657. The van der Waals surface area contributed by atoms with Gasteiger partial charge in [-0.05, 0) is 44.0 Å². The van der Waals surface area contributed by atoms with Gasteiger partial charge >= 0.3 is 0 Å². The number of ether oxygens (including phenoxy) is 1. The smallest absolute Gasteiger partial charge is 0.266 e. The highest BCUT2D eigenvalue weighted by Crippen LogP contribution is 2.29. The normalized spacial score (nSPS) is 12.3. The zero-order valence-corrected chi connectivity index (χ0v) is 16.6. The largest absolute Gasteiger partial charge is 0.481 e. The van der Waals surface area contributed by atoms with Crippen molar-refractivity contribution in [1.82, 2.24) is 10.2 Å². The highest BCUT2D eigenvalue weighted by atomic mass is 35.5. The second kappa shape index (κ2) is 8.18. The summed E-state index contributed by atoms with van der Waals surface area (Å²) in [7, 11) is 0. The molecule has 1 atom stereocenters. The van der Waals surface area contributed by atoms with Gasteiger partial charge < -0.3 is 4.74 Å². The van der Waals surface area contributed by atoms with Gasteiger partial charge in [0.2, 0.25) is 5.13 Å². The van der Waals surface area contributed by atoms with Gasteiger partial charge in [0.25, 0.3) is 5.91 Å². The molecule has 1 aromatic heterocycles. The summed E-state index contributed by atoms with van der Waals surface area (Å²) in [5.41, 5.74) is 1.83. The summed E-state index contributed by atoms with van der Waals surface area (Å²) in [5, 5.41) is 12.4. The average molecular weight is 386 g/mol. The first-order valence-electron chi connectivity index (χ1n) is 7.50. The van der Waals surface area contributed by atoms with Crippen LogP contribution in [0.4, 0.5) is 5.13 Å². The minimum absolute atomic E-state index is 0.266. The number of nitrogens with zero attached hydrogens (tertiary/aromatic N) is 2. The molecular formula is C16H20ClN3O2S2. The highest BCUT2D eigenvalue weighted by Gasteiger charge is 2.18. The Balaban J connectivity index is 1.98. The van der Waals surface area contributed by atoms with Crippen molar-refractivity contribution in [2.24, 2.45) is 0 Å². The Hall–Kier alpha value is -1.31. The van der Waals surface area contributed by atoms with Gasteiger partial charge in [0.15, 0.2) is 10.4 Å². The monoisotopic (exact) mass is 385 g/mol. The van der Waals surface area contributed by atoms with E-state index in [0.717, 1.165) is 15.5 Å². The summed E-state index contributed by atoms with van der Waals surface area (Å²) < 4.78 is 6.55. The van der Waals surface area contributed by atoms with Crippen LogP contribution < -0.4 is 10.1 Å². The predicted octanol–water partition coefficient (Wildman–Crippen LogP) is 4.71. The van der Waals surface area contributed by atoms with E-state index in [0.29, 0.717) is 21.2 Å². The molecule has 1 heterocycles. The molecule has 0 aliphatic heterocycles. The average Bonchev–Trinajstić information content (AvgIpc) is 2.90. The number of amides is 1. The summed E-state index contributed by atoms with van der Waals surface area (Å²) in [6.45, 7) is 9.66. The molecule has 130 valence electrons. The maximum atomic E-state index is 12.3. The molecule has 2 rings (SSSR count). The van der Waals surface area contributed by atoms with Crippen molar-refractivity contribution in [2.75, 3.05) is 5.32 Å². The second-order valence-electron chi connectivity index (χ2n) is 5.66. The lowest BCUT2D eigenvalue weighted by Crippen LogP contribution is -2.30. The van der Waals surface area contributed by atoms with E-state index in [1.807, 2.05) is 26.0 Å². The van der Waals surface area contributed by atoms with E-state index in [1.54, 1.807) is 18.7 Å². The number of nitrogens with one attached hydrogen (secondary N) is 1. The first-order valence-corrected chi connectivity index (χ1v) is 9.58. The van der Waals surface area contributed by atoms with Crippen molar-refractivity contribution in [3.63, 3.8) is 0 Å². The molecule has 2 aromatic rings. The number of hydrogen-bond donors (Lipinski definition) is 1. The third-order valence-corrected chi connectivity index (χ3v) is 5.59. The number of aryl methyl sites for hydroxylation is 2. The Morgan fingerprint density at radius 3 is 2.46 bits per heavy atom. The molecule has 0 aliphatic rings. The molecule has 8 heteroatoms. The number of benzene rings is 1. The first-order chi connectivity index (χ1) is 11.3. The molecule has 5 nitrogen and oxygen atoms in total. The van der Waals surface area contributed by atoms with Crippen LogP contribution in [0.25, 0.3) is 0 Å². The lowest BCUT2D eigenvalue weighted by molar-refractivity contribution is -0.122. The zero-order valence-electron chi connectivity index (χ0n) is 14.2. The lowest BCUT2D eigenvalue weighted by Gasteiger charge is -2.15. The molecule has 0 bridgehead atoms. The van der Waals surface area contributed by atoms with E-state index in [2.05, 4.69) is 29.4 Å². The van der Waals surface area contributed by atoms with Crippen LogP contribution in [0.5, 0.6) is 5.75 Å². The molecular weight excluding hydrogens is 366 g/mol. The van der Waals surface area contributed by atoms with Crippen LogP contribution >= 0.6 is 34.7 Å². The van der Waals surface area contributed by atoms with Crippen LogP contribution in [0.3, 0.4) is 0 Å². The minimum Gasteiger partial charge on any atom is -0.481 e. The Labute approximate surface area is 155 Å². The Morgan fingerprint density at radius 2 is 1.88 bits per heavy atom. The van der Waals surface area contributed by atoms with E-state index >= 15 is 0 Å². The Bertz CT molecular complexity index is 711. The molecule has 24 heavy (non-hydrogen) atoms. The van der Waals surface area contributed by atoms with Crippen LogP contribution in [0, 0.1) is 13.8 Å². The standard InChI is InChI=1S/C16H20ClN3O2S2/c1-8(2)23-16-20-19-15(24-16)18-14(21)11(5)22-12-6-9(3)13(17)10(4)7-12/h6-8,11H,1-5H3,(H,18,19,21). The van der Waals surface area contributed by atoms with Gasteiger partial charge in [-0.2, -0.15) is 0 Å². The number of thioether (sulfide) groups is 1. The molecule has 1 aromatic carbocycles. The van der Waals surface area contributed by atoms with Crippen molar-refractivity contribution >= 4 is 45.7 Å². The fraction of sp³-hybridized carbons (Fsp3) is 0.438. The van der Waals surface area contributed by atoms with Crippen molar-refractivity contribution in [2.45, 2.75) is 50.3 Å². The van der Waals surface area contributed by atoms with Crippen molar-refractivity contribution in [1.29, 1.82) is 0 Å². The zero-order chi connectivity index (χ0) is 17.9. The third-order valence-electron chi connectivity index (χ3n) is 3.07. The molecule has 1 N–H and O–H groups in total. The lowest BCUT2D eigenvalue weighted by atomic mass is 10.1.